The number of carbonyl (C=O) groups is 1. The SMILES string of the molecule is Cc1nn(CC(=O)Nc2ccn(Cc3ccc(Cl)cc3Cl)n2)c2nc(-c3ccco3)cc(C(F)F)c12. The van der Waals surface area contributed by atoms with Crippen molar-refractivity contribution in [1.82, 2.24) is 24.5 Å². The minimum absolute atomic E-state index is 0.162. The van der Waals surface area contributed by atoms with Crippen LogP contribution in [0.25, 0.3) is 22.5 Å². The molecule has 0 spiro atoms. The van der Waals surface area contributed by atoms with Crippen LogP contribution in [-0.2, 0) is 17.9 Å². The summed E-state index contributed by atoms with van der Waals surface area (Å²) in [5.41, 5.74) is 1.32. The first-order chi connectivity index (χ1) is 17.3. The number of hydrogen-bond acceptors (Lipinski definition) is 5. The lowest BCUT2D eigenvalue weighted by Gasteiger charge is -2.08. The molecule has 1 aromatic carbocycles. The van der Waals surface area contributed by atoms with Crippen molar-refractivity contribution in [2.24, 2.45) is 0 Å². The van der Waals surface area contributed by atoms with Gasteiger partial charge in [0.05, 0.1) is 23.9 Å². The number of nitrogens with one attached hydrogen (secondary N) is 1. The Labute approximate surface area is 213 Å². The molecule has 184 valence electrons. The molecule has 1 amide bonds. The number of alkyl halides is 2. The van der Waals surface area contributed by atoms with E-state index in [1.54, 1.807) is 54.2 Å². The molecule has 5 rings (SSSR count). The van der Waals surface area contributed by atoms with Crippen LogP contribution in [-0.4, -0.2) is 30.5 Å². The summed E-state index contributed by atoms with van der Waals surface area (Å²) in [7, 11) is 0. The molecular weight excluding hydrogens is 513 g/mol. The Balaban J connectivity index is 1.37. The van der Waals surface area contributed by atoms with Gasteiger partial charge in [0.2, 0.25) is 5.91 Å². The van der Waals surface area contributed by atoms with Gasteiger partial charge in [-0.2, -0.15) is 10.2 Å². The van der Waals surface area contributed by atoms with Gasteiger partial charge in [0.1, 0.15) is 12.2 Å². The molecule has 0 saturated carbocycles. The molecule has 4 aromatic heterocycles. The summed E-state index contributed by atoms with van der Waals surface area (Å²) < 4.78 is 36.0. The quantitative estimate of drug-likeness (QED) is 0.273. The maximum Gasteiger partial charge on any atom is 0.264 e. The summed E-state index contributed by atoms with van der Waals surface area (Å²) >= 11 is 12.2. The second-order valence-electron chi connectivity index (χ2n) is 8.00. The number of benzene rings is 1. The zero-order valence-electron chi connectivity index (χ0n) is 18.8. The highest BCUT2D eigenvalue weighted by Gasteiger charge is 2.22. The maximum absolute atomic E-state index is 13.9. The van der Waals surface area contributed by atoms with Gasteiger partial charge in [0, 0.05) is 27.9 Å². The predicted octanol–water partition coefficient (Wildman–Crippen LogP) is 6.13. The summed E-state index contributed by atoms with van der Waals surface area (Å²) in [4.78, 5) is 17.2. The second kappa shape index (κ2) is 9.71. The first-order valence-corrected chi connectivity index (χ1v) is 11.5. The molecule has 0 aliphatic carbocycles. The van der Waals surface area contributed by atoms with E-state index >= 15 is 0 Å². The molecule has 1 N–H and O–H groups in total. The molecule has 12 heteroatoms. The fourth-order valence-corrected chi connectivity index (χ4v) is 4.35. The molecule has 0 saturated heterocycles. The third-order valence-corrected chi connectivity index (χ3v) is 6.05. The highest BCUT2D eigenvalue weighted by Crippen LogP contribution is 2.33. The molecule has 0 fully saturated rings. The van der Waals surface area contributed by atoms with E-state index in [2.05, 4.69) is 20.5 Å². The van der Waals surface area contributed by atoms with Crippen molar-refractivity contribution in [3.05, 3.63) is 81.8 Å². The van der Waals surface area contributed by atoms with Crippen LogP contribution in [0.2, 0.25) is 10.0 Å². The van der Waals surface area contributed by atoms with Crippen LogP contribution in [0.15, 0.2) is 59.3 Å². The Morgan fingerprint density at radius 3 is 2.72 bits per heavy atom. The number of pyridine rings is 1. The molecule has 36 heavy (non-hydrogen) atoms. The Bertz CT molecular complexity index is 1560. The first-order valence-electron chi connectivity index (χ1n) is 10.8. The van der Waals surface area contributed by atoms with Gasteiger partial charge in [-0.1, -0.05) is 29.3 Å². The Morgan fingerprint density at radius 1 is 1.17 bits per heavy atom. The molecule has 0 aliphatic rings. The van der Waals surface area contributed by atoms with Gasteiger partial charge >= 0.3 is 0 Å². The molecular formula is C24H18Cl2F2N6O2. The highest BCUT2D eigenvalue weighted by molar-refractivity contribution is 6.35. The van der Waals surface area contributed by atoms with Crippen LogP contribution in [0.1, 0.15) is 23.2 Å². The van der Waals surface area contributed by atoms with Crippen molar-refractivity contribution in [3.8, 4) is 11.5 Å². The number of hydrogen-bond donors (Lipinski definition) is 1. The van der Waals surface area contributed by atoms with Crippen LogP contribution >= 0.6 is 23.2 Å². The molecule has 0 unspecified atom stereocenters. The lowest BCUT2D eigenvalue weighted by Crippen LogP contribution is -2.20. The zero-order chi connectivity index (χ0) is 25.4. The number of nitrogens with zero attached hydrogens (tertiary/aromatic N) is 5. The predicted molar refractivity (Wildman–Crippen MR) is 131 cm³/mol. The van der Waals surface area contributed by atoms with E-state index in [1.807, 2.05) is 0 Å². The van der Waals surface area contributed by atoms with Crippen LogP contribution in [0, 0.1) is 6.92 Å². The van der Waals surface area contributed by atoms with E-state index in [1.165, 1.54) is 17.0 Å². The summed E-state index contributed by atoms with van der Waals surface area (Å²) in [6, 6.07) is 11.4. The van der Waals surface area contributed by atoms with Crippen molar-refractivity contribution in [2.45, 2.75) is 26.4 Å². The van der Waals surface area contributed by atoms with E-state index in [9.17, 15) is 13.6 Å². The van der Waals surface area contributed by atoms with Crippen molar-refractivity contribution >= 4 is 46.0 Å². The second-order valence-corrected chi connectivity index (χ2v) is 8.84. The summed E-state index contributed by atoms with van der Waals surface area (Å²) in [5.74, 6) is 0.203. The van der Waals surface area contributed by atoms with E-state index in [0.717, 1.165) is 5.56 Å². The highest BCUT2D eigenvalue weighted by atomic mass is 35.5. The van der Waals surface area contributed by atoms with Crippen molar-refractivity contribution in [2.75, 3.05) is 5.32 Å². The van der Waals surface area contributed by atoms with Crippen LogP contribution < -0.4 is 5.32 Å². The van der Waals surface area contributed by atoms with Gasteiger partial charge in [-0.05, 0) is 42.8 Å². The van der Waals surface area contributed by atoms with Crippen LogP contribution in [0.4, 0.5) is 14.6 Å². The molecule has 0 aliphatic heterocycles. The number of carbonyl (C=O) groups excluding carboxylic acids is 1. The number of aryl methyl sites for hydroxylation is 1. The van der Waals surface area contributed by atoms with Gasteiger partial charge in [-0.3, -0.25) is 9.48 Å². The first kappa shape index (κ1) is 24.0. The number of furan rings is 1. The molecule has 0 bridgehead atoms. The van der Waals surface area contributed by atoms with E-state index < -0.39 is 12.3 Å². The molecule has 0 radical (unpaired) electrons. The number of anilines is 1. The lowest BCUT2D eigenvalue weighted by molar-refractivity contribution is -0.116. The average molecular weight is 531 g/mol. The number of aromatic nitrogens is 5. The number of rotatable bonds is 7. The van der Waals surface area contributed by atoms with Crippen LogP contribution in [0.3, 0.4) is 0 Å². The molecule has 4 heterocycles. The Hall–Kier alpha value is -3.76. The topological polar surface area (TPSA) is 90.8 Å². The minimum Gasteiger partial charge on any atom is -0.463 e. The smallest absolute Gasteiger partial charge is 0.264 e. The number of fused-ring (bicyclic) bond motifs is 1. The maximum atomic E-state index is 13.9. The van der Waals surface area contributed by atoms with Gasteiger partial charge < -0.3 is 9.73 Å². The monoisotopic (exact) mass is 530 g/mol. The van der Waals surface area contributed by atoms with Gasteiger partial charge in [0.25, 0.3) is 6.43 Å². The summed E-state index contributed by atoms with van der Waals surface area (Å²) in [6.07, 6.45) is 0.367. The van der Waals surface area contributed by atoms with Gasteiger partial charge in [-0.25, -0.2) is 18.4 Å². The van der Waals surface area contributed by atoms with Crippen molar-refractivity contribution in [3.63, 3.8) is 0 Å². The van der Waals surface area contributed by atoms with Crippen molar-refractivity contribution in [1.29, 1.82) is 0 Å². The van der Waals surface area contributed by atoms with Crippen LogP contribution in [0.5, 0.6) is 0 Å². The average Bonchev–Trinajstić information content (AvgIpc) is 3.57. The third kappa shape index (κ3) is 4.82. The summed E-state index contributed by atoms with van der Waals surface area (Å²) in [6.45, 7) is 1.72. The van der Waals surface area contributed by atoms with Gasteiger partial charge in [-0.15, -0.1) is 0 Å². The fourth-order valence-electron chi connectivity index (χ4n) is 3.88. The molecule has 8 nitrogen and oxygen atoms in total. The Morgan fingerprint density at radius 2 is 2.00 bits per heavy atom. The minimum atomic E-state index is -2.76. The van der Waals surface area contributed by atoms with Gasteiger partial charge in [0.15, 0.2) is 17.2 Å². The molecule has 0 atom stereocenters. The van der Waals surface area contributed by atoms with E-state index in [-0.39, 0.29) is 28.8 Å². The standard InChI is InChI=1S/C24H18Cl2F2N6O2/c1-13-22-16(23(27)28)10-18(19-3-2-8-36-19)29-24(22)34(31-13)12-21(35)30-20-6-7-33(32-20)11-14-4-5-15(25)9-17(14)26/h2-10,23H,11-12H2,1H3,(H,30,32,35). The largest absolute Gasteiger partial charge is 0.463 e. The Kier molecular flexibility index (Phi) is 6.46. The third-order valence-electron chi connectivity index (χ3n) is 5.47. The van der Waals surface area contributed by atoms with E-state index in [4.69, 9.17) is 27.6 Å². The molecule has 5 aromatic rings. The fraction of sp³-hybridized carbons (Fsp3) is 0.167. The zero-order valence-corrected chi connectivity index (χ0v) is 20.3. The number of halogens is 4. The number of amides is 1. The normalized spacial score (nSPS) is 11.5. The van der Waals surface area contributed by atoms with Crippen molar-refractivity contribution < 1.29 is 18.0 Å². The van der Waals surface area contributed by atoms with E-state index in [0.29, 0.717) is 33.9 Å². The summed E-state index contributed by atoms with van der Waals surface area (Å²) in [5, 5.41) is 12.6. The lowest BCUT2D eigenvalue weighted by atomic mass is 10.1.